The van der Waals surface area contributed by atoms with Gasteiger partial charge in [0.25, 0.3) is 0 Å². The van der Waals surface area contributed by atoms with Gasteiger partial charge in [0.1, 0.15) is 0 Å². The number of anilines is 1. The first-order valence-electron chi connectivity index (χ1n) is 2.88. The van der Waals surface area contributed by atoms with E-state index in [-0.39, 0.29) is 31.0 Å². The molecule has 12 heavy (non-hydrogen) atoms. The van der Waals surface area contributed by atoms with Crippen LogP contribution in [0.3, 0.4) is 0 Å². The minimum Gasteiger partial charge on any atom is -1.00 e. The van der Waals surface area contributed by atoms with E-state index in [1.54, 1.807) is 18.2 Å². The van der Waals surface area contributed by atoms with Gasteiger partial charge < -0.3 is 1.43 Å². The zero-order chi connectivity index (χ0) is 8.32. The molecular formula is C6H8NNaO3S. The maximum absolute atomic E-state index is 10.2. The van der Waals surface area contributed by atoms with Gasteiger partial charge in [0.15, 0.2) is 0 Å². The summed E-state index contributed by atoms with van der Waals surface area (Å²) in [6.07, 6.45) is 0. The molecule has 1 rings (SSSR count). The summed E-state index contributed by atoms with van der Waals surface area (Å²) in [5.74, 6) is 0. The number of rotatable bonds is 2. The SMILES string of the molecule is O=S(=O)(O)Nc1ccccc1.[H-].[Na+]. The molecule has 0 spiro atoms. The van der Waals surface area contributed by atoms with Crippen LogP contribution in [0.15, 0.2) is 30.3 Å². The van der Waals surface area contributed by atoms with Crippen LogP contribution < -0.4 is 34.3 Å². The van der Waals surface area contributed by atoms with E-state index >= 15 is 0 Å². The van der Waals surface area contributed by atoms with Crippen molar-refractivity contribution in [2.24, 2.45) is 0 Å². The third-order valence-electron chi connectivity index (χ3n) is 1.02. The zero-order valence-corrected chi connectivity index (χ0v) is 9.38. The second-order valence-corrected chi connectivity index (χ2v) is 3.10. The summed E-state index contributed by atoms with van der Waals surface area (Å²) in [5, 5.41) is 0. The second-order valence-electron chi connectivity index (χ2n) is 1.94. The van der Waals surface area contributed by atoms with Crippen molar-refractivity contribution in [3.8, 4) is 0 Å². The molecule has 6 heteroatoms. The van der Waals surface area contributed by atoms with E-state index < -0.39 is 10.3 Å². The van der Waals surface area contributed by atoms with E-state index in [1.807, 2.05) is 4.72 Å². The molecule has 0 heterocycles. The fourth-order valence-corrected chi connectivity index (χ4v) is 1.09. The topological polar surface area (TPSA) is 66.4 Å². The molecule has 0 saturated carbocycles. The molecule has 0 atom stereocenters. The fraction of sp³-hybridized carbons (Fsp3) is 0. The van der Waals surface area contributed by atoms with E-state index in [2.05, 4.69) is 0 Å². The Balaban J connectivity index is 0. The van der Waals surface area contributed by atoms with Gasteiger partial charge in [-0.2, -0.15) is 8.42 Å². The van der Waals surface area contributed by atoms with Crippen LogP contribution in [0.25, 0.3) is 0 Å². The smallest absolute Gasteiger partial charge is 1.00 e. The van der Waals surface area contributed by atoms with Crippen molar-refractivity contribution in [3.63, 3.8) is 0 Å². The van der Waals surface area contributed by atoms with Crippen molar-refractivity contribution in [2.45, 2.75) is 0 Å². The molecule has 0 aromatic heterocycles. The molecular weight excluding hydrogens is 189 g/mol. The molecule has 62 valence electrons. The molecule has 0 aliphatic heterocycles. The molecule has 2 N–H and O–H groups in total. The van der Waals surface area contributed by atoms with Crippen LogP contribution in [0.1, 0.15) is 1.43 Å². The van der Waals surface area contributed by atoms with Gasteiger partial charge in [-0.05, 0) is 12.1 Å². The average molecular weight is 197 g/mol. The van der Waals surface area contributed by atoms with Crippen molar-refractivity contribution in [3.05, 3.63) is 30.3 Å². The van der Waals surface area contributed by atoms with Crippen molar-refractivity contribution < 1.29 is 44.0 Å². The Hall–Kier alpha value is -0.0700. The molecule has 0 unspecified atom stereocenters. The molecule has 0 aliphatic carbocycles. The van der Waals surface area contributed by atoms with Crippen LogP contribution in [0, 0.1) is 0 Å². The number of benzene rings is 1. The molecule has 0 amide bonds. The summed E-state index contributed by atoms with van der Waals surface area (Å²) in [7, 11) is -4.13. The molecule has 0 aliphatic rings. The zero-order valence-electron chi connectivity index (χ0n) is 7.56. The van der Waals surface area contributed by atoms with Crippen molar-refractivity contribution in [1.82, 2.24) is 0 Å². The predicted octanol–water partition coefficient (Wildman–Crippen LogP) is -1.98. The maximum Gasteiger partial charge on any atom is 1.00 e. The van der Waals surface area contributed by atoms with Crippen LogP contribution in [-0.2, 0) is 10.3 Å². The average Bonchev–Trinajstić information content (AvgIpc) is 1.85. The molecule has 0 bridgehead atoms. The Morgan fingerprint density at radius 1 is 1.25 bits per heavy atom. The Morgan fingerprint density at radius 2 is 1.75 bits per heavy atom. The monoisotopic (exact) mass is 197 g/mol. The van der Waals surface area contributed by atoms with Gasteiger partial charge in [-0.15, -0.1) is 0 Å². The minimum atomic E-state index is -4.13. The van der Waals surface area contributed by atoms with Gasteiger partial charge in [-0.3, -0.25) is 9.27 Å². The second kappa shape index (κ2) is 4.84. The molecule has 1 aromatic rings. The summed E-state index contributed by atoms with van der Waals surface area (Å²) in [5.41, 5.74) is 0.343. The Bertz CT molecular complexity index is 329. The van der Waals surface area contributed by atoms with Crippen LogP contribution in [-0.4, -0.2) is 13.0 Å². The summed E-state index contributed by atoms with van der Waals surface area (Å²) < 4.78 is 30.7. The van der Waals surface area contributed by atoms with Gasteiger partial charge in [-0.25, -0.2) is 0 Å². The fourth-order valence-electron chi connectivity index (χ4n) is 0.655. The quantitative estimate of drug-likeness (QED) is 0.426. The number of para-hydroxylation sites is 1. The minimum absolute atomic E-state index is 0. The third kappa shape index (κ3) is 4.74. The van der Waals surface area contributed by atoms with Gasteiger partial charge in [-0.1, -0.05) is 18.2 Å². The maximum atomic E-state index is 10.2. The van der Waals surface area contributed by atoms with Crippen LogP contribution >= 0.6 is 0 Å². The normalized spacial score (nSPS) is 10.1. The Morgan fingerprint density at radius 3 is 2.17 bits per heavy atom. The first kappa shape index (κ1) is 11.9. The summed E-state index contributed by atoms with van der Waals surface area (Å²) in [6, 6.07) is 8.14. The van der Waals surface area contributed by atoms with Crippen molar-refractivity contribution >= 4 is 16.0 Å². The van der Waals surface area contributed by atoms with Crippen molar-refractivity contribution in [2.75, 3.05) is 4.72 Å². The van der Waals surface area contributed by atoms with Crippen molar-refractivity contribution in [1.29, 1.82) is 0 Å². The van der Waals surface area contributed by atoms with Crippen LogP contribution in [0.4, 0.5) is 5.69 Å². The third-order valence-corrected chi connectivity index (χ3v) is 1.51. The van der Waals surface area contributed by atoms with Gasteiger partial charge in [0.05, 0.1) is 5.69 Å². The van der Waals surface area contributed by atoms with E-state index in [1.165, 1.54) is 12.1 Å². The first-order chi connectivity index (χ1) is 5.08. The van der Waals surface area contributed by atoms with E-state index in [4.69, 9.17) is 4.55 Å². The predicted molar refractivity (Wildman–Crippen MR) is 42.7 cm³/mol. The molecule has 1 aromatic carbocycles. The number of nitrogens with one attached hydrogen (secondary N) is 1. The number of hydrogen-bond donors (Lipinski definition) is 2. The molecule has 0 radical (unpaired) electrons. The molecule has 0 saturated heterocycles. The van der Waals surface area contributed by atoms with Crippen LogP contribution in [0.5, 0.6) is 0 Å². The summed E-state index contributed by atoms with van der Waals surface area (Å²) in [6.45, 7) is 0. The largest absolute Gasteiger partial charge is 1.00 e. The Kier molecular flexibility index (Phi) is 4.81. The van der Waals surface area contributed by atoms with Crippen LogP contribution in [0.2, 0.25) is 0 Å². The van der Waals surface area contributed by atoms with Gasteiger partial charge >= 0.3 is 39.9 Å². The van der Waals surface area contributed by atoms with E-state index in [0.717, 1.165) is 0 Å². The standard InChI is InChI=1S/C6H7NO3S.Na.H/c8-11(9,10)7-6-4-2-1-3-5-6;;/h1-5,7H,(H,8,9,10);;/q;+1;-1. The van der Waals surface area contributed by atoms with Gasteiger partial charge in [0.2, 0.25) is 0 Å². The first-order valence-corrected chi connectivity index (χ1v) is 4.32. The van der Waals surface area contributed by atoms with E-state index in [9.17, 15) is 8.42 Å². The summed E-state index contributed by atoms with van der Waals surface area (Å²) >= 11 is 0. The van der Waals surface area contributed by atoms with Gasteiger partial charge in [0, 0.05) is 0 Å². The summed E-state index contributed by atoms with van der Waals surface area (Å²) in [4.78, 5) is 0. The molecule has 0 fully saturated rings. The Labute approximate surface area is 94.6 Å². The van der Waals surface area contributed by atoms with E-state index in [0.29, 0.717) is 5.69 Å². The number of hydrogen-bond acceptors (Lipinski definition) is 2. The molecule has 4 nitrogen and oxygen atoms in total.